The highest BCUT2D eigenvalue weighted by atomic mass is 15.2. The van der Waals surface area contributed by atoms with Crippen LogP contribution in [-0.2, 0) is 0 Å². The Morgan fingerprint density at radius 1 is 1.55 bits per heavy atom. The smallest absolute Gasteiger partial charge is 0.272 e. The van der Waals surface area contributed by atoms with E-state index in [1.807, 2.05) is 13.1 Å². The second kappa shape index (κ2) is 7.78. The topological polar surface area (TPSA) is 86.2 Å². The van der Waals surface area contributed by atoms with Crippen molar-refractivity contribution in [2.75, 3.05) is 18.9 Å². The van der Waals surface area contributed by atoms with Crippen LogP contribution >= 0.6 is 0 Å². The van der Waals surface area contributed by atoms with Gasteiger partial charge in [-0.15, -0.1) is 0 Å². The molecule has 1 aromatic carbocycles. The molecule has 0 bridgehead atoms. The van der Waals surface area contributed by atoms with Crippen LogP contribution in [0.15, 0.2) is 29.3 Å². The van der Waals surface area contributed by atoms with Crippen molar-refractivity contribution >= 4 is 29.9 Å². The molecule has 1 aliphatic rings. The molecule has 1 unspecified atom stereocenters. The average Bonchev–Trinajstić information content (AvgIpc) is 2.55. The van der Waals surface area contributed by atoms with Crippen molar-refractivity contribution in [1.29, 1.82) is 5.26 Å². The second-order valence-electron chi connectivity index (χ2n) is 5.56. The molecule has 2 rings (SSSR count). The molecule has 0 amide bonds. The van der Waals surface area contributed by atoms with Gasteiger partial charge in [-0.05, 0) is 35.5 Å². The molecule has 1 aromatic rings. The fourth-order valence-corrected chi connectivity index (χ4v) is 2.85. The summed E-state index contributed by atoms with van der Waals surface area (Å²) in [7, 11) is 1.89. The van der Waals surface area contributed by atoms with Crippen molar-refractivity contribution in [3.63, 3.8) is 0 Å². The summed E-state index contributed by atoms with van der Waals surface area (Å²) in [5.74, 6) is 8.01. The molecule has 0 aromatic heterocycles. The molecule has 0 spiro atoms. The van der Waals surface area contributed by atoms with Crippen LogP contribution in [-0.4, -0.2) is 26.5 Å². The predicted molar refractivity (Wildman–Crippen MR) is 94.5 cm³/mol. The summed E-state index contributed by atoms with van der Waals surface area (Å²) in [5, 5.41) is 12.3. The predicted octanol–water partition coefficient (Wildman–Crippen LogP) is 2.48. The number of rotatable bonds is 5. The quantitative estimate of drug-likeness (QED) is 0.337. The van der Waals surface area contributed by atoms with Gasteiger partial charge < -0.3 is 5.32 Å². The molecule has 1 atom stereocenters. The number of nitrogens with one attached hydrogen (secondary N) is 2. The van der Waals surface area contributed by atoms with Crippen LogP contribution in [0.1, 0.15) is 12.5 Å². The van der Waals surface area contributed by atoms with E-state index in [2.05, 4.69) is 46.8 Å². The third-order valence-electron chi connectivity index (χ3n) is 4.01. The lowest BCUT2D eigenvalue weighted by Crippen LogP contribution is -2.23. The van der Waals surface area contributed by atoms with Crippen LogP contribution < -0.4 is 16.6 Å². The number of benzene rings is 1. The van der Waals surface area contributed by atoms with Gasteiger partial charge in [-0.2, -0.15) is 0 Å². The Hall–Kier alpha value is -2.10. The first-order valence-corrected chi connectivity index (χ1v) is 7.57. The first-order chi connectivity index (χ1) is 10.7. The molecule has 0 aliphatic carbocycles. The van der Waals surface area contributed by atoms with Crippen LogP contribution in [0.3, 0.4) is 0 Å². The van der Waals surface area contributed by atoms with Gasteiger partial charge in [-0.25, -0.2) is 5.26 Å². The minimum atomic E-state index is 0.148. The zero-order valence-electron chi connectivity index (χ0n) is 13.1. The van der Waals surface area contributed by atoms with E-state index in [0.717, 1.165) is 24.0 Å². The number of nitriles is 1. The molecule has 1 heterocycles. The molecule has 6 heteroatoms. The molecular weight excluding hydrogens is 273 g/mol. The van der Waals surface area contributed by atoms with E-state index in [-0.39, 0.29) is 6.71 Å². The van der Waals surface area contributed by atoms with Crippen LogP contribution in [0.5, 0.6) is 0 Å². The highest BCUT2D eigenvalue weighted by Gasteiger charge is 2.25. The van der Waals surface area contributed by atoms with Crippen molar-refractivity contribution < 1.29 is 0 Å². The molecule has 114 valence electrons. The van der Waals surface area contributed by atoms with Gasteiger partial charge in [0.25, 0.3) is 6.71 Å². The Morgan fingerprint density at radius 3 is 3.00 bits per heavy atom. The molecule has 0 radical (unpaired) electrons. The van der Waals surface area contributed by atoms with Gasteiger partial charge in [0.05, 0.1) is 11.4 Å². The van der Waals surface area contributed by atoms with Gasteiger partial charge in [0, 0.05) is 25.8 Å². The van der Waals surface area contributed by atoms with Gasteiger partial charge >= 0.3 is 0 Å². The summed E-state index contributed by atoms with van der Waals surface area (Å²) < 4.78 is 0. The zero-order valence-corrected chi connectivity index (χ0v) is 13.1. The first-order valence-electron chi connectivity index (χ1n) is 7.57. The molecule has 0 saturated carbocycles. The lowest BCUT2D eigenvalue weighted by molar-refractivity contribution is 0.830. The van der Waals surface area contributed by atoms with Crippen LogP contribution in [0, 0.1) is 17.1 Å². The number of hydrazine groups is 1. The molecular formula is C16H22BN5. The standard InChI is InChI=1S/C16H22BN5/c1-12-10-17(11-18)6-5-14(12)13-3-4-15(16(9-13)20-2)21-7-8-22-19/h3-5,7,9,12,20,22H,6,8,10,19H2,1-2H3. The zero-order chi connectivity index (χ0) is 15.9. The fourth-order valence-electron chi connectivity index (χ4n) is 2.85. The van der Waals surface area contributed by atoms with E-state index >= 15 is 0 Å². The summed E-state index contributed by atoms with van der Waals surface area (Å²) >= 11 is 0. The van der Waals surface area contributed by atoms with Gasteiger partial charge in [0.1, 0.15) is 0 Å². The van der Waals surface area contributed by atoms with Crippen LogP contribution in [0.25, 0.3) is 5.57 Å². The Bertz CT molecular complexity index is 617. The summed E-state index contributed by atoms with van der Waals surface area (Å²) in [6, 6.07) is 6.23. The van der Waals surface area contributed by atoms with Crippen LogP contribution in [0.2, 0.25) is 12.6 Å². The Morgan fingerprint density at radius 2 is 2.36 bits per heavy atom. The Kier molecular flexibility index (Phi) is 5.76. The normalized spacial score (nSPS) is 18.2. The minimum Gasteiger partial charge on any atom is -0.386 e. The van der Waals surface area contributed by atoms with Crippen molar-refractivity contribution in [3.8, 4) is 5.97 Å². The van der Waals surface area contributed by atoms with E-state index in [0.29, 0.717) is 12.5 Å². The maximum atomic E-state index is 9.07. The van der Waals surface area contributed by atoms with Gasteiger partial charge in [0.2, 0.25) is 0 Å². The van der Waals surface area contributed by atoms with Crippen LogP contribution in [0.4, 0.5) is 11.4 Å². The fraction of sp³-hybridized carbons (Fsp3) is 0.375. The Balaban J connectivity index is 2.26. The number of nitrogens with two attached hydrogens (primary N) is 1. The number of allylic oxidation sites excluding steroid dienone is 2. The van der Waals surface area contributed by atoms with Crippen molar-refractivity contribution in [2.24, 2.45) is 16.8 Å². The molecule has 1 aliphatic heterocycles. The summed E-state index contributed by atoms with van der Waals surface area (Å²) in [5.41, 5.74) is 6.95. The number of anilines is 1. The second-order valence-corrected chi connectivity index (χ2v) is 5.56. The van der Waals surface area contributed by atoms with E-state index in [1.165, 1.54) is 11.1 Å². The van der Waals surface area contributed by atoms with E-state index < -0.39 is 0 Å². The summed E-state index contributed by atoms with van der Waals surface area (Å²) in [4.78, 5) is 4.40. The summed E-state index contributed by atoms with van der Waals surface area (Å²) in [6.07, 6.45) is 5.72. The highest BCUT2D eigenvalue weighted by molar-refractivity contribution is 6.68. The molecule has 4 N–H and O–H groups in total. The number of nitrogens with zero attached hydrogens (tertiary/aromatic N) is 2. The maximum absolute atomic E-state index is 9.07. The van der Waals surface area contributed by atoms with Crippen molar-refractivity contribution in [1.82, 2.24) is 5.43 Å². The van der Waals surface area contributed by atoms with Crippen molar-refractivity contribution in [3.05, 3.63) is 29.8 Å². The largest absolute Gasteiger partial charge is 0.386 e. The minimum absolute atomic E-state index is 0.148. The first kappa shape index (κ1) is 16.3. The number of hydrogen-bond acceptors (Lipinski definition) is 5. The van der Waals surface area contributed by atoms with E-state index in [9.17, 15) is 0 Å². The van der Waals surface area contributed by atoms with E-state index in [4.69, 9.17) is 11.1 Å². The Labute approximate surface area is 132 Å². The van der Waals surface area contributed by atoms with Gasteiger partial charge in [-0.3, -0.25) is 16.3 Å². The maximum Gasteiger partial charge on any atom is 0.272 e. The molecule has 5 nitrogen and oxygen atoms in total. The average molecular weight is 295 g/mol. The lowest BCUT2D eigenvalue weighted by atomic mass is 9.41. The van der Waals surface area contributed by atoms with Gasteiger partial charge in [-0.1, -0.05) is 25.4 Å². The third kappa shape index (κ3) is 3.76. The number of hydrogen-bond donors (Lipinski definition) is 3. The number of aliphatic imine (C=N–C) groups is 1. The summed E-state index contributed by atoms with van der Waals surface area (Å²) in [6.45, 7) is 2.87. The highest BCUT2D eigenvalue weighted by Crippen LogP contribution is 2.36. The van der Waals surface area contributed by atoms with E-state index in [1.54, 1.807) is 6.21 Å². The molecule has 22 heavy (non-hydrogen) atoms. The van der Waals surface area contributed by atoms with Gasteiger partial charge in [0.15, 0.2) is 0 Å². The molecule has 0 fully saturated rings. The lowest BCUT2D eigenvalue weighted by Gasteiger charge is -2.23. The SMILES string of the molecule is CNc1cc(C2=CCB(C#N)CC2C)ccc1N=CCNN. The third-order valence-corrected chi connectivity index (χ3v) is 4.01. The monoisotopic (exact) mass is 295 g/mol. The van der Waals surface area contributed by atoms with Crippen molar-refractivity contribution in [2.45, 2.75) is 19.6 Å². The molecule has 0 saturated heterocycles.